The maximum absolute atomic E-state index is 5.72. The molecule has 2 N–H and O–H groups in total. The highest BCUT2D eigenvalue weighted by molar-refractivity contribution is 7.90. The normalized spacial score (nSPS) is 12.6. The van der Waals surface area contributed by atoms with E-state index in [0.717, 1.165) is 15.5 Å². The van der Waals surface area contributed by atoms with E-state index >= 15 is 0 Å². The SMILES string of the molecule is C/C(N)=C(/S)c1ccc(Cl)cc1. The minimum Gasteiger partial charge on any atom is -0.401 e. The van der Waals surface area contributed by atoms with Gasteiger partial charge in [-0.25, -0.2) is 0 Å². The van der Waals surface area contributed by atoms with Crippen LogP contribution in [0.15, 0.2) is 30.0 Å². The molecule has 0 amide bonds. The number of halogens is 1. The molecule has 1 nitrogen and oxygen atoms in total. The van der Waals surface area contributed by atoms with Gasteiger partial charge in [-0.2, -0.15) is 0 Å². The highest BCUT2D eigenvalue weighted by Crippen LogP contribution is 2.21. The van der Waals surface area contributed by atoms with E-state index in [1.807, 2.05) is 31.2 Å². The summed E-state index contributed by atoms with van der Waals surface area (Å²) in [5.41, 5.74) is 7.27. The van der Waals surface area contributed by atoms with Crippen LogP contribution in [-0.2, 0) is 0 Å². The van der Waals surface area contributed by atoms with Gasteiger partial charge in [0.1, 0.15) is 0 Å². The fraction of sp³-hybridized carbons (Fsp3) is 0.111. The second kappa shape index (κ2) is 3.87. The van der Waals surface area contributed by atoms with Crippen molar-refractivity contribution in [3.63, 3.8) is 0 Å². The van der Waals surface area contributed by atoms with Gasteiger partial charge in [0.05, 0.1) is 0 Å². The first kappa shape index (κ1) is 9.49. The van der Waals surface area contributed by atoms with Crippen molar-refractivity contribution in [3.8, 4) is 0 Å². The highest BCUT2D eigenvalue weighted by Gasteiger charge is 1.97. The lowest BCUT2D eigenvalue weighted by atomic mass is 10.2. The van der Waals surface area contributed by atoms with Gasteiger partial charge >= 0.3 is 0 Å². The van der Waals surface area contributed by atoms with Crippen LogP contribution in [-0.4, -0.2) is 0 Å². The molecule has 64 valence electrons. The summed E-state index contributed by atoms with van der Waals surface area (Å²) in [5.74, 6) is 0. The van der Waals surface area contributed by atoms with Crippen LogP contribution in [0.4, 0.5) is 0 Å². The lowest BCUT2D eigenvalue weighted by molar-refractivity contribution is 1.34. The number of thiol groups is 1. The van der Waals surface area contributed by atoms with Gasteiger partial charge < -0.3 is 5.73 Å². The van der Waals surface area contributed by atoms with Gasteiger partial charge in [-0.1, -0.05) is 23.7 Å². The van der Waals surface area contributed by atoms with Crippen LogP contribution in [0, 0.1) is 0 Å². The molecule has 0 atom stereocenters. The molecule has 0 aromatic heterocycles. The Labute approximate surface area is 82.6 Å². The Morgan fingerprint density at radius 2 is 1.83 bits per heavy atom. The topological polar surface area (TPSA) is 26.0 Å². The number of nitrogens with two attached hydrogens (primary N) is 1. The van der Waals surface area contributed by atoms with Crippen molar-refractivity contribution in [2.45, 2.75) is 6.92 Å². The van der Waals surface area contributed by atoms with Crippen molar-refractivity contribution in [3.05, 3.63) is 40.5 Å². The summed E-state index contributed by atoms with van der Waals surface area (Å²) in [4.78, 5) is 0.798. The fourth-order valence-corrected chi connectivity index (χ4v) is 1.11. The molecule has 0 saturated heterocycles. The molecule has 1 aromatic carbocycles. The Morgan fingerprint density at radius 1 is 1.33 bits per heavy atom. The van der Waals surface area contributed by atoms with Gasteiger partial charge in [0.15, 0.2) is 0 Å². The van der Waals surface area contributed by atoms with Gasteiger partial charge in [0, 0.05) is 15.6 Å². The Balaban J connectivity index is 3.06. The number of rotatable bonds is 1. The van der Waals surface area contributed by atoms with Crippen LogP contribution in [0.1, 0.15) is 12.5 Å². The van der Waals surface area contributed by atoms with E-state index in [9.17, 15) is 0 Å². The molecule has 0 aliphatic rings. The Bertz CT molecular complexity index is 299. The first-order valence-electron chi connectivity index (χ1n) is 3.52. The monoisotopic (exact) mass is 199 g/mol. The molecule has 3 heteroatoms. The second-order valence-corrected chi connectivity index (χ2v) is 3.42. The van der Waals surface area contributed by atoms with Crippen LogP contribution in [0.25, 0.3) is 4.91 Å². The Hall–Kier alpha value is -0.600. The van der Waals surface area contributed by atoms with Crippen molar-refractivity contribution in [2.75, 3.05) is 0 Å². The quantitative estimate of drug-likeness (QED) is 0.669. The molecule has 0 spiro atoms. The van der Waals surface area contributed by atoms with Crippen LogP contribution in [0.5, 0.6) is 0 Å². The largest absolute Gasteiger partial charge is 0.401 e. The second-order valence-electron chi connectivity index (χ2n) is 2.54. The van der Waals surface area contributed by atoms with Crippen molar-refractivity contribution in [1.29, 1.82) is 0 Å². The van der Waals surface area contributed by atoms with Crippen LogP contribution >= 0.6 is 24.2 Å². The fourth-order valence-electron chi connectivity index (χ4n) is 0.835. The first-order chi connectivity index (χ1) is 5.61. The zero-order chi connectivity index (χ0) is 9.14. The first-order valence-corrected chi connectivity index (χ1v) is 4.35. The summed E-state index contributed by atoms with van der Waals surface area (Å²) in [7, 11) is 0. The summed E-state index contributed by atoms with van der Waals surface area (Å²) >= 11 is 9.98. The van der Waals surface area contributed by atoms with Crippen molar-refractivity contribution in [2.24, 2.45) is 5.73 Å². The molecular formula is C9H10ClNS. The summed E-state index contributed by atoms with van der Waals surface area (Å²) in [5, 5.41) is 0.717. The maximum atomic E-state index is 5.72. The molecule has 0 bridgehead atoms. The third-order valence-corrected chi connectivity index (χ3v) is 2.35. The predicted octanol–water partition coefficient (Wildman–Crippen LogP) is 2.92. The molecule has 1 aromatic rings. The number of hydrogen-bond donors (Lipinski definition) is 2. The van der Waals surface area contributed by atoms with Crippen LogP contribution in [0.3, 0.4) is 0 Å². The summed E-state index contributed by atoms with van der Waals surface area (Å²) < 4.78 is 0. The molecule has 1 rings (SSSR count). The minimum absolute atomic E-state index is 0.709. The lowest BCUT2D eigenvalue weighted by Crippen LogP contribution is -1.93. The summed E-state index contributed by atoms with van der Waals surface area (Å²) in [6.07, 6.45) is 0. The molecule has 0 saturated carbocycles. The smallest absolute Gasteiger partial charge is 0.0406 e. The van der Waals surface area contributed by atoms with E-state index in [-0.39, 0.29) is 0 Å². The minimum atomic E-state index is 0.709. The van der Waals surface area contributed by atoms with E-state index < -0.39 is 0 Å². The maximum Gasteiger partial charge on any atom is 0.0406 e. The van der Waals surface area contributed by atoms with Gasteiger partial charge in [-0.15, -0.1) is 12.6 Å². The standard InChI is InChI=1S/C9H10ClNS/c1-6(11)9(12)7-2-4-8(10)5-3-7/h2-5,12H,11H2,1H3/b9-6-. The molecule has 0 fully saturated rings. The Kier molecular flexibility index (Phi) is 3.06. The summed E-state index contributed by atoms with van der Waals surface area (Å²) in [6.45, 7) is 1.82. The van der Waals surface area contributed by atoms with Gasteiger partial charge in [0.25, 0.3) is 0 Å². The molecule has 12 heavy (non-hydrogen) atoms. The average Bonchev–Trinajstić information content (AvgIpc) is 2.04. The van der Waals surface area contributed by atoms with Gasteiger partial charge in [-0.3, -0.25) is 0 Å². The lowest BCUT2D eigenvalue weighted by Gasteiger charge is -2.02. The van der Waals surface area contributed by atoms with E-state index in [1.165, 1.54) is 0 Å². The van der Waals surface area contributed by atoms with E-state index in [4.69, 9.17) is 17.3 Å². The van der Waals surface area contributed by atoms with E-state index in [1.54, 1.807) is 0 Å². The zero-order valence-electron chi connectivity index (χ0n) is 6.71. The van der Waals surface area contributed by atoms with Crippen molar-refractivity contribution in [1.82, 2.24) is 0 Å². The molecule has 0 heterocycles. The highest BCUT2D eigenvalue weighted by atomic mass is 35.5. The zero-order valence-corrected chi connectivity index (χ0v) is 8.36. The number of benzene rings is 1. The Morgan fingerprint density at radius 3 is 2.25 bits per heavy atom. The third kappa shape index (κ3) is 2.19. The molecule has 0 radical (unpaired) electrons. The average molecular weight is 200 g/mol. The molecule has 0 unspecified atom stereocenters. The van der Waals surface area contributed by atoms with Crippen molar-refractivity contribution < 1.29 is 0 Å². The van der Waals surface area contributed by atoms with Crippen LogP contribution in [0.2, 0.25) is 5.02 Å². The summed E-state index contributed by atoms with van der Waals surface area (Å²) in [6, 6.07) is 7.41. The third-order valence-electron chi connectivity index (χ3n) is 1.49. The molecular weight excluding hydrogens is 190 g/mol. The van der Waals surface area contributed by atoms with Crippen molar-refractivity contribution >= 4 is 29.1 Å². The van der Waals surface area contributed by atoms with E-state index in [2.05, 4.69) is 12.6 Å². The van der Waals surface area contributed by atoms with Gasteiger partial charge in [-0.05, 0) is 24.6 Å². The molecule has 0 aliphatic heterocycles. The predicted molar refractivity (Wildman–Crippen MR) is 57.2 cm³/mol. The van der Waals surface area contributed by atoms with E-state index in [0.29, 0.717) is 5.70 Å². The number of allylic oxidation sites excluding steroid dienone is 1. The number of hydrogen-bond acceptors (Lipinski definition) is 2. The van der Waals surface area contributed by atoms with Crippen LogP contribution < -0.4 is 5.73 Å². The molecule has 0 aliphatic carbocycles. The van der Waals surface area contributed by atoms with Gasteiger partial charge in [0.2, 0.25) is 0 Å².